The summed E-state index contributed by atoms with van der Waals surface area (Å²) in [6, 6.07) is 8.90. The fourth-order valence-corrected chi connectivity index (χ4v) is 2.29. The number of amides is 2. The fourth-order valence-electron chi connectivity index (χ4n) is 2.29. The van der Waals surface area contributed by atoms with E-state index >= 15 is 0 Å². The Morgan fingerprint density at radius 1 is 1.23 bits per heavy atom. The molecular formula is C15H16N6O. The summed E-state index contributed by atoms with van der Waals surface area (Å²) in [5.41, 5.74) is 7.81. The zero-order valence-corrected chi connectivity index (χ0v) is 12.3. The molecule has 7 heteroatoms. The standard InChI is InChI=1S/C15H16N6O/c1-10-8-20(9-17-10)14-11(2)13(18-15(16)22)21(19-14)12-6-4-3-5-7-12/h3-9H,1-2H3,(H3,16,18,22). The van der Waals surface area contributed by atoms with Crippen LogP contribution in [0.5, 0.6) is 0 Å². The molecule has 0 radical (unpaired) electrons. The van der Waals surface area contributed by atoms with E-state index in [2.05, 4.69) is 15.4 Å². The number of para-hydroxylation sites is 1. The van der Waals surface area contributed by atoms with Gasteiger partial charge in [-0.1, -0.05) is 18.2 Å². The summed E-state index contributed by atoms with van der Waals surface area (Å²) in [7, 11) is 0. The molecule has 0 aliphatic carbocycles. The average molecular weight is 296 g/mol. The SMILES string of the molecule is Cc1cn(-c2nn(-c3ccccc3)c(NC(N)=O)c2C)cn1. The third-order valence-electron chi connectivity index (χ3n) is 3.30. The van der Waals surface area contributed by atoms with E-state index in [-0.39, 0.29) is 0 Å². The van der Waals surface area contributed by atoms with Gasteiger partial charge in [0.15, 0.2) is 5.82 Å². The number of aromatic nitrogens is 4. The molecule has 2 aromatic heterocycles. The summed E-state index contributed by atoms with van der Waals surface area (Å²) >= 11 is 0. The van der Waals surface area contributed by atoms with E-state index in [0.717, 1.165) is 16.9 Å². The van der Waals surface area contributed by atoms with Gasteiger partial charge in [-0.15, -0.1) is 5.10 Å². The van der Waals surface area contributed by atoms with Gasteiger partial charge in [0.1, 0.15) is 12.1 Å². The molecule has 0 bridgehead atoms. The van der Waals surface area contributed by atoms with Crippen LogP contribution in [0.3, 0.4) is 0 Å². The third kappa shape index (κ3) is 2.44. The number of nitrogens with one attached hydrogen (secondary N) is 1. The molecular weight excluding hydrogens is 280 g/mol. The summed E-state index contributed by atoms with van der Waals surface area (Å²) in [5, 5.41) is 7.23. The van der Waals surface area contributed by atoms with Crippen LogP contribution in [0.1, 0.15) is 11.3 Å². The summed E-state index contributed by atoms with van der Waals surface area (Å²) in [6.07, 6.45) is 3.56. The van der Waals surface area contributed by atoms with Crippen molar-refractivity contribution in [1.29, 1.82) is 0 Å². The van der Waals surface area contributed by atoms with Gasteiger partial charge in [0, 0.05) is 11.8 Å². The fraction of sp³-hybridized carbons (Fsp3) is 0.133. The summed E-state index contributed by atoms with van der Waals surface area (Å²) in [6.45, 7) is 3.78. The molecule has 0 aliphatic rings. The number of carbonyl (C=O) groups excluding carboxylic acids is 1. The summed E-state index contributed by atoms with van der Waals surface area (Å²) in [4.78, 5) is 15.5. The van der Waals surface area contributed by atoms with Crippen molar-refractivity contribution in [2.24, 2.45) is 5.73 Å². The molecule has 0 spiro atoms. The molecule has 2 amide bonds. The second-order valence-corrected chi connectivity index (χ2v) is 4.96. The molecule has 0 fully saturated rings. The van der Waals surface area contributed by atoms with Crippen LogP contribution in [0.25, 0.3) is 11.5 Å². The number of nitrogens with zero attached hydrogens (tertiary/aromatic N) is 4. The average Bonchev–Trinajstić information content (AvgIpc) is 3.05. The van der Waals surface area contributed by atoms with E-state index in [9.17, 15) is 4.79 Å². The first-order chi connectivity index (χ1) is 10.6. The number of hydrogen-bond donors (Lipinski definition) is 2. The Balaban J connectivity index is 2.18. The normalized spacial score (nSPS) is 10.6. The van der Waals surface area contributed by atoms with Crippen LogP contribution in [0, 0.1) is 13.8 Å². The van der Waals surface area contributed by atoms with E-state index in [0.29, 0.717) is 11.6 Å². The molecule has 0 atom stereocenters. The van der Waals surface area contributed by atoms with Crippen molar-refractivity contribution < 1.29 is 4.79 Å². The van der Waals surface area contributed by atoms with E-state index in [1.54, 1.807) is 11.0 Å². The number of anilines is 1. The molecule has 7 nitrogen and oxygen atoms in total. The van der Waals surface area contributed by atoms with Crippen molar-refractivity contribution in [2.75, 3.05) is 5.32 Å². The van der Waals surface area contributed by atoms with E-state index in [1.807, 2.05) is 54.9 Å². The minimum Gasteiger partial charge on any atom is -0.351 e. The number of hydrogen-bond acceptors (Lipinski definition) is 3. The topological polar surface area (TPSA) is 90.8 Å². The molecule has 3 rings (SSSR count). The van der Waals surface area contributed by atoms with Crippen LogP contribution in [-0.4, -0.2) is 25.4 Å². The number of primary amides is 1. The van der Waals surface area contributed by atoms with E-state index < -0.39 is 6.03 Å². The van der Waals surface area contributed by atoms with Crippen LogP contribution in [0.15, 0.2) is 42.9 Å². The van der Waals surface area contributed by atoms with Crippen LogP contribution in [-0.2, 0) is 0 Å². The van der Waals surface area contributed by atoms with E-state index in [1.165, 1.54) is 0 Å². The predicted octanol–water partition coefficient (Wildman–Crippen LogP) is 2.17. The maximum atomic E-state index is 11.3. The monoisotopic (exact) mass is 296 g/mol. The van der Waals surface area contributed by atoms with Crippen molar-refractivity contribution in [3.8, 4) is 11.5 Å². The highest BCUT2D eigenvalue weighted by Gasteiger charge is 2.18. The summed E-state index contributed by atoms with van der Waals surface area (Å²) in [5.74, 6) is 1.23. The second kappa shape index (κ2) is 5.36. The van der Waals surface area contributed by atoms with Gasteiger partial charge in [0.05, 0.1) is 11.4 Å². The Hall–Kier alpha value is -3.09. The van der Waals surface area contributed by atoms with E-state index in [4.69, 9.17) is 5.73 Å². The number of imidazole rings is 1. The molecule has 22 heavy (non-hydrogen) atoms. The lowest BCUT2D eigenvalue weighted by Crippen LogP contribution is -2.21. The number of carbonyl (C=O) groups is 1. The van der Waals surface area contributed by atoms with Crippen LogP contribution >= 0.6 is 0 Å². The molecule has 1 aromatic carbocycles. The second-order valence-electron chi connectivity index (χ2n) is 4.96. The van der Waals surface area contributed by atoms with Gasteiger partial charge in [-0.2, -0.15) is 0 Å². The third-order valence-corrected chi connectivity index (χ3v) is 3.30. The maximum absolute atomic E-state index is 11.3. The number of urea groups is 1. The quantitative estimate of drug-likeness (QED) is 0.776. The smallest absolute Gasteiger partial charge is 0.317 e. The van der Waals surface area contributed by atoms with Crippen molar-refractivity contribution in [2.45, 2.75) is 13.8 Å². The Morgan fingerprint density at radius 3 is 2.55 bits per heavy atom. The molecule has 2 heterocycles. The van der Waals surface area contributed by atoms with Gasteiger partial charge in [0.2, 0.25) is 0 Å². The highest BCUT2D eigenvalue weighted by Crippen LogP contribution is 2.25. The lowest BCUT2D eigenvalue weighted by molar-refractivity contribution is 0.259. The lowest BCUT2D eigenvalue weighted by atomic mass is 10.3. The summed E-state index contributed by atoms with van der Waals surface area (Å²) < 4.78 is 3.47. The van der Waals surface area contributed by atoms with Gasteiger partial charge in [0.25, 0.3) is 0 Å². The molecule has 0 aliphatic heterocycles. The maximum Gasteiger partial charge on any atom is 0.317 e. The minimum absolute atomic E-state index is 0.542. The van der Waals surface area contributed by atoms with Gasteiger partial charge in [-0.05, 0) is 26.0 Å². The molecule has 3 aromatic rings. The van der Waals surface area contributed by atoms with Gasteiger partial charge in [-0.3, -0.25) is 9.88 Å². The Kier molecular flexibility index (Phi) is 3.38. The molecule has 0 saturated carbocycles. The molecule has 112 valence electrons. The molecule has 3 N–H and O–H groups in total. The number of aryl methyl sites for hydroxylation is 1. The van der Waals surface area contributed by atoms with Crippen LogP contribution < -0.4 is 11.1 Å². The zero-order chi connectivity index (χ0) is 15.7. The first-order valence-corrected chi connectivity index (χ1v) is 6.78. The van der Waals surface area contributed by atoms with Crippen LogP contribution in [0.4, 0.5) is 10.6 Å². The molecule has 0 unspecified atom stereocenters. The first-order valence-electron chi connectivity index (χ1n) is 6.78. The minimum atomic E-state index is -0.631. The van der Waals surface area contributed by atoms with Gasteiger partial charge in [-0.25, -0.2) is 14.5 Å². The number of benzene rings is 1. The Labute approximate surface area is 127 Å². The van der Waals surface area contributed by atoms with Gasteiger partial charge < -0.3 is 5.73 Å². The van der Waals surface area contributed by atoms with Crippen molar-refractivity contribution in [1.82, 2.24) is 19.3 Å². The largest absolute Gasteiger partial charge is 0.351 e. The lowest BCUT2D eigenvalue weighted by Gasteiger charge is -2.07. The zero-order valence-electron chi connectivity index (χ0n) is 12.3. The number of rotatable bonds is 3. The Bertz CT molecular complexity index is 818. The Morgan fingerprint density at radius 2 is 1.95 bits per heavy atom. The molecule has 0 saturated heterocycles. The van der Waals surface area contributed by atoms with Crippen molar-refractivity contribution in [3.05, 3.63) is 54.1 Å². The highest BCUT2D eigenvalue weighted by atomic mass is 16.2. The highest BCUT2D eigenvalue weighted by molar-refractivity contribution is 5.88. The number of nitrogens with two attached hydrogens (primary N) is 1. The first kappa shape index (κ1) is 13.9. The van der Waals surface area contributed by atoms with Gasteiger partial charge >= 0.3 is 6.03 Å². The predicted molar refractivity (Wildman–Crippen MR) is 83.4 cm³/mol. The van der Waals surface area contributed by atoms with Crippen LogP contribution in [0.2, 0.25) is 0 Å². The van der Waals surface area contributed by atoms with Crippen molar-refractivity contribution >= 4 is 11.8 Å². The van der Waals surface area contributed by atoms with Crippen molar-refractivity contribution in [3.63, 3.8) is 0 Å².